The predicted molar refractivity (Wildman–Crippen MR) is 138 cm³/mol. The molecule has 32 heavy (non-hydrogen) atoms. The predicted octanol–water partition coefficient (Wildman–Crippen LogP) is 5.16. The van der Waals surface area contributed by atoms with Gasteiger partial charge >= 0.3 is 0 Å². The number of nitrogens with zero attached hydrogens (tertiary/aromatic N) is 3. The highest BCUT2D eigenvalue weighted by molar-refractivity contribution is 7.17. The first-order valence-electron chi connectivity index (χ1n) is 11.0. The Morgan fingerprint density at radius 1 is 1.09 bits per heavy atom. The third-order valence-electron chi connectivity index (χ3n) is 6.37. The van der Waals surface area contributed by atoms with Crippen molar-refractivity contribution in [1.82, 2.24) is 9.88 Å². The van der Waals surface area contributed by atoms with Crippen molar-refractivity contribution in [3.8, 4) is 11.3 Å². The van der Waals surface area contributed by atoms with Gasteiger partial charge in [-0.05, 0) is 41.4 Å². The van der Waals surface area contributed by atoms with Gasteiger partial charge in [-0.3, -0.25) is 0 Å². The Balaban J connectivity index is 0.00000144. The number of benzene rings is 1. The van der Waals surface area contributed by atoms with E-state index in [2.05, 4.69) is 58.5 Å². The van der Waals surface area contributed by atoms with Crippen LogP contribution >= 0.6 is 36.2 Å². The molecule has 0 radical (unpaired) electrons. The van der Waals surface area contributed by atoms with Crippen molar-refractivity contribution in [1.29, 1.82) is 0 Å². The number of ether oxygens (including phenoxy) is 1. The van der Waals surface area contributed by atoms with Crippen molar-refractivity contribution in [2.45, 2.75) is 32.0 Å². The van der Waals surface area contributed by atoms with Crippen molar-refractivity contribution in [3.63, 3.8) is 0 Å². The lowest BCUT2D eigenvalue weighted by atomic mass is 9.98. The van der Waals surface area contributed by atoms with Crippen molar-refractivity contribution in [3.05, 3.63) is 47.3 Å². The molecule has 2 aliphatic heterocycles. The number of pyridine rings is 1. The minimum absolute atomic E-state index is 0. The van der Waals surface area contributed by atoms with Gasteiger partial charge < -0.3 is 19.6 Å². The summed E-state index contributed by atoms with van der Waals surface area (Å²) in [6.07, 6.45) is 1.13. The van der Waals surface area contributed by atoms with E-state index in [0.717, 1.165) is 61.8 Å². The first-order valence-corrected chi connectivity index (χ1v) is 11.8. The summed E-state index contributed by atoms with van der Waals surface area (Å²) in [5.41, 5.74) is 3.27. The minimum Gasteiger partial charge on any atom is -0.393 e. The smallest absolute Gasteiger partial charge is 0.147 e. The Kier molecular flexibility index (Phi) is 8.78. The Morgan fingerprint density at radius 2 is 1.84 bits per heavy atom. The molecule has 5 rings (SSSR count). The summed E-state index contributed by atoms with van der Waals surface area (Å²) < 4.78 is 7.14. The van der Waals surface area contributed by atoms with E-state index in [1.807, 2.05) is 0 Å². The highest BCUT2D eigenvalue weighted by Gasteiger charge is 2.23. The number of aliphatic hydroxyl groups excluding tert-OH is 1. The third kappa shape index (κ3) is 5.22. The molecule has 0 amide bonds. The lowest BCUT2D eigenvalue weighted by Crippen LogP contribution is -2.46. The first kappa shape index (κ1) is 25.2. The van der Waals surface area contributed by atoms with Gasteiger partial charge in [0.1, 0.15) is 5.82 Å². The molecular weight excluding hydrogens is 465 g/mol. The van der Waals surface area contributed by atoms with Crippen LogP contribution in [0.4, 0.5) is 5.82 Å². The van der Waals surface area contributed by atoms with Crippen LogP contribution in [0.5, 0.6) is 0 Å². The average Bonchev–Trinajstić information content (AvgIpc) is 3.27. The molecule has 1 N–H and O–H groups in total. The van der Waals surface area contributed by atoms with Crippen molar-refractivity contribution in [2.75, 3.05) is 44.2 Å². The van der Waals surface area contributed by atoms with E-state index in [9.17, 15) is 5.11 Å². The number of aliphatic hydroxyl groups is 1. The van der Waals surface area contributed by atoms with E-state index < -0.39 is 0 Å². The molecule has 0 bridgehead atoms. The van der Waals surface area contributed by atoms with Crippen LogP contribution in [-0.4, -0.2) is 60.4 Å². The molecule has 0 saturated carbocycles. The van der Waals surface area contributed by atoms with Crippen LogP contribution < -0.4 is 4.90 Å². The number of rotatable bonds is 4. The fourth-order valence-corrected chi connectivity index (χ4v) is 5.37. The third-order valence-corrected chi connectivity index (χ3v) is 7.30. The Bertz CT molecular complexity index is 1010. The first-order chi connectivity index (χ1) is 14.7. The summed E-state index contributed by atoms with van der Waals surface area (Å²) >= 11 is 1.78. The second-order valence-corrected chi connectivity index (χ2v) is 9.17. The number of hydrogen-bond acceptors (Lipinski definition) is 6. The summed E-state index contributed by atoms with van der Waals surface area (Å²) in [7, 11) is 0. The number of aromatic nitrogens is 1. The number of hydrogen-bond donors (Lipinski definition) is 1. The van der Waals surface area contributed by atoms with Crippen LogP contribution in [0.25, 0.3) is 21.3 Å². The minimum atomic E-state index is -0.262. The maximum Gasteiger partial charge on any atom is 0.147 e. The number of likely N-dealkylation sites (N-methyl/N-ethyl adjacent to an activating group) is 1. The lowest BCUT2D eigenvalue weighted by Gasteiger charge is -2.35. The van der Waals surface area contributed by atoms with E-state index in [4.69, 9.17) is 9.72 Å². The molecule has 0 aliphatic carbocycles. The number of piperazine rings is 1. The fourth-order valence-electron chi connectivity index (χ4n) is 4.48. The van der Waals surface area contributed by atoms with Crippen LogP contribution in [-0.2, 0) is 4.74 Å². The van der Waals surface area contributed by atoms with Crippen LogP contribution in [0.2, 0.25) is 0 Å². The number of fused-ring (bicyclic) bond motifs is 1. The van der Waals surface area contributed by atoms with Crippen LogP contribution in [0.3, 0.4) is 0 Å². The topological polar surface area (TPSA) is 48.8 Å². The van der Waals surface area contributed by atoms with Gasteiger partial charge in [-0.2, -0.15) is 0 Å². The van der Waals surface area contributed by atoms with Gasteiger partial charge in [-0.25, -0.2) is 4.98 Å². The number of halogens is 2. The van der Waals surface area contributed by atoms with Crippen molar-refractivity contribution in [2.24, 2.45) is 0 Å². The van der Waals surface area contributed by atoms with E-state index in [0.29, 0.717) is 13.0 Å². The molecule has 3 aromatic rings. The zero-order valence-electron chi connectivity index (χ0n) is 18.3. The highest BCUT2D eigenvalue weighted by Crippen LogP contribution is 2.35. The van der Waals surface area contributed by atoms with Crippen LogP contribution in [0.1, 0.15) is 31.4 Å². The van der Waals surface area contributed by atoms with Gasteiger partial charge in [-0.15, -0.1) is 36.2 Å². The highest BCUT2D eigenvalue weighted by atomic mass is 35.5. The fraction of sp³-hybridized carbons (Fsp3) is 0.458. The maximum atomic E-state index is 9.94. The summed E-state index contributed by atoms with van der Waals surface area (Å²) in [6, 6.07) is 12.9. The summed E-state index contributed by atoms with van der Waals surface area (Å²) in [5, 5.41) is 13.4. The summed E-state index contributed by atoms with van der Waals surface area (Å²) in [4.78, 5) is 10.1. The van der Waals surface area contributed by atoms with Gasteiger partial charge in [0.15, 0.2) is 0 Å². The molecule has 1 aromatic carbocycles. The molecule has 1 unspecified atom stereocenters. The van der Waals surface area contributed by atoms with Gasteiger partial charge in [0, 0.05) is 44.8 Å². The molecule has 2 aliphatic rings. The Hall–Kier alpha value is -1.41. The molecule has 2 saturated heterocycles. The second-order valence-electron chi connectivity index (χ2n) is 8.25. The standard InChI is InChI=1S/C24H29N3O2S.2ClH/c1-2-26-9-11-27(12-10-26)24-23-19(8-14-30-23)15-21(25-24)17-3-5-18(6-4-17)22-16-20(28)7-13-29-22;;/h3-6,8,14-15,20,22,28H,2,7,9-13,16H2,1H3;2*1H/t20-,22?;;/m1../s1. The number of anilines is 1. The Morgan fingerprint density at radius 3 is 2.53 bits per heavy atom. The molecule has 5 nitrogen and oxygen atoms in total. The molecular formula is C24H31Cl2N3O2S. The molecule has 0 spiro atoms. The monoisotopic (exact) mass is 495 g/mol. The lowest BCUT2D eigenvalue weighted by molar-refractivity contribution is -0.0447. The van der Waals surface area contributed by atoms with E-state index >= 15 is 0 Å². The van der Waals surface area contributed by atoms with Gasteiger partial charge in [0.05, 0.1) is 22.6 Å². The second kappa shape index (κ2) is 11.1. The van der Waals surface area contributed by atoms with Crippen LogP contribution in [0.15, 0.2) is 41.8 Å². The van der Waals surface area contributed by atoms with E-state index in [-0.39, 0.29) is 37.0 Å². The Labute approximate surface area is 206 Å². The van der Waals surface area contributed by atoms with Gasteiger partial charge in [0.25, 0.3) is 0 Å². The zero-order chi connectivity index (χ0) is 20.5. The molecule has 174 valence electrons. The average molecular weight is 497 g/mol. The normalized spacial score (nSPS) is 21.8. The van der Waals surface area contributed by atoms with Crippen molar-refractivity contribution >= 4 is 52.1 Å². The van der Waals surface area contributed by atoms with E-state index in [1.54, 1.807) is 11.3 Å². The van der Waals surface area contributed by atoms with E-state index in [1.165, 1.54) is 10.1 Å². The largest absolute Gasteiger partial charge is 0.393 e. The molecule has 4 heterocycles. The molecule has 2 aromatic heterocycles. The molecule has 8 heteroatoms. The quantitative estimate of drug-likeness (QED) is 0.541. The summed E-state index contributed by atoms with van der Waals surface area (Å²) in [5.74, 6) is 1.12. The number of thiophene rings is 1. The maximum absolute atomic E-state index is 9.94. The van der Waals surface area contributed by atoms with Gasteiger partial charge in [0.2, 0.25) is 0 Å². The van der Waals surface area contributed by atoms with Gasteiger partial charge in [-0.1, -0.05) is 31.2 Å². The summed E-state index contributed by atoms with van der Waals surface area (Å²) in [6.45, 7) is 8.21. The molecule has 2 atom stereocenters. The zero-order valence-corrected chi connectivity index (χ0v) is 20.7. The van der Waals surface area contributed by atoms with Crippen molar-refractivity contribution < 1.29 is 9.84 Å². The SMILES string of the molecule is CCN1CCN(c2nc(-c3ccc(C4C[C@H](O)CCO4)cc3)cc3ccsc23)CC1.Cl.Cl. The van der Waals surface area contributed by atoms with Crippen LogP contribution in [0, 0.1) is 0 Å². The molecule has 2 fully saturated rings.